The topological polar surface area (TPSA) is 0 Å². The molecule has 0 aromatic heterocycles. The molecule has 0 radical (unpaired) electrons. The van der Waals surface area contributed by atoms with Gasteiger partial charge in [0.25, 0.3) is 0 Å². The predicted octanol–water partition coefficient (Wildman–Crippen LogP) is 20.8. The summed E-state index contributed by atoms with van der Waals surface area (Å²) in [6, 6.07) is 108. The second kappa shape index (κ2) is 18.2. The van der Waals surface area contributed by atoms with Crippen LogP contribution in [0.25, 0.3) is 143 Å². The van der Waals surface area contributed by atoms with Crippen molar-refractivity contribution in [3.05, 3.63) is 291 Å². The molecule has 74 heavy (non-hydrogen) atoms. The van der Waals surface area contributed by atoms with Crippen LogP contribution in [0.3, 0.4) is 0 Å². The van der Waals surface area contributed by atoms with Gasteiger partial charge in [-0.3, -0.25) is 0 Å². The summed E-state index contributed by atoms with van der Waals surface area (Å²) in [6.07, 6.45) is 0. The number of benzene rings is 14. The zero-order valence-corrected chi connectivity index (χ0v) is 40.7. The van der Waals surface area contributed by atoms with Crippen LogP contribution < -0.4 is 0 Å². The van der Waals surface area contributed by atoms with Crippen molar-refractivity contribution >= 4 is 53.9 Å². The maximum Gasteiger partial charge on any atom is -0.00134 e. The van der Waals surface area contributed by atoms with Gasteiger partial charge in [0.15, 0.2) is 0 Å². The summed E-state index contributed by atoms with van der Waals surface area (Å²) in [5.74, 6) is 0. The van der Waals surface area contributed by atoms with Gasteiger partial charge in [-0.05, 0) is 167 Å². The highest BCUT2D eigenvalue weighted by Crippen LogP contribution is 2.48. The van der Waals surface area contributed by atoms with Crippen LogP contribution >= 0.6 is 0 Å². The molecule has 0 saturated heterocycles. The molecular weight excluding hydrogens is 889 g/mol. The Morgan fingerprint density at radius 3 is 0.446 bits per heavy atom. The smallest absolute Gasteiger partial charge is 0.00134 e. The van der Waals surface area contributed by atoms with Gasteiger partial charge in [0.1, 0.15) is 0 Å². The van der Waals surface area contributed by atoms with Crippen LogP contribution in [0.4, 0.5) is 0 Å². The summed E-state index contributed by atoms with van der Waals surface area (Å²) in [6.45, 7) is 0. The Kier molecular flexibility index (Phi) is 10.6. The molecule has 14 aromatic carbocycles. The predicted molar refractivity (Wildman–Crippen MR) is 317 cm³/mol. The van der Waals surface area contributed by atoms with Crippen molar-refractivity contribution in [1.82, 2.24) is 0 Å². The van der Waals surface area contributed by atoms with Crippen LogP contribution in [-0.2, 0) is 0 Å². The second-order valence-corrected chi connectivity index (χ2v) is 19.6. The lowest BCUT2D eigenvalue weighted by Gasteiger charge is -2.19. The summed E-state index contributed by atoms with van der Waals surface area (Å²) in [7, 11) is 0. The lowest BCUT2D eigenvalue weighted by molar-refractivity contribution is 1.60. The van der Waals surface area contributed by atoms with Gasteiger partial charge in [-0.2, -0.15) is 0 Å². The molecule has 0 saturated carbocycles. The minimum atomic E-state index is 1.19. The zero-order valence-electron chi connectivity index (χ0n) is 40.7. The van der Waals surface area contributed by atoms with E-state index in [9.17, 15) is 0 Å². The largest absolute Gasteiger partial charge is 0.0622 e. The first kappa shape index (κ1) is 43.2. The number of hydrogen-bond donors (Lipinski definition) is 0. The molecule has 0 aliphatic heterocycles. The molecule has 14 rings (SSSR count). The Balaban J connectivity index is 1.04. The molecule has 0 aliphatic carbocycles. The Bertz CT molecular complexity index is 3800. The fraction of sp³-hybridized carbons (Fsp3) is 0. The Morgan fingerprint density at radius 2 is 0.257 bits per heavy atom. The van der Waals surface area contributed by atoms with Crippen molar-refractivity contribution in [3.63, 3.8) is 0 Å². The monoisotopic (exact) mass is 936 g/mol. The maximum absolute atomic E-state index is 2.46. The minimum absolute atomic E-state index is 1.19. The molecular formula is C74H48. The molecule has 0 atom stereocenters. The molecule has 0 heteroatoms. The standard InChI is InChI=1S/C74H48/c1-5-13-49(14-6-1)53-21-29-57(30-22-53)61-37-41-65-66-42-38-63(59-33-25-55(26-34-59)51-17-9-3-10-18-51)47-71(66)74-72-48-64(60-35-27-56(28-36-60)52-19-11-4-12-20-52)40-44-68(72)67-43-39-62(46-70(67)73(74)69(65)45-61)58-31-23-54(24-32-58)50-15-7-2-8-16-50/h1-48H. The number of hydrogen-bond acceptors (Lipinski definition) is 0. The van der Waals surface area contributed by atoms with Crippen LogP contribution in [-0.4, -0.2) is 0 Å². The quantitative estimate of drug-likeness (QED) is 0.133. The first-order chi connectivity index (χ1) is 36.7. The Labute approximate surface area is 431 Å². The fourth-order valence-corrected chi connectivity index (χ4v) is 11.4. The Morgan fingerprint density at radius 1 is 0.108 bits per heavy atom. The van der Waals surface area contributed by atoms with Gasteiger partial charge in [0.05, 0.1) is 0 Å². The van der Waals surface area contributed by atoms with E-state index in [0.29, 0.717) is 0 Å². The van der Waals surface area contributed by atoms with Gasteiger partial charge in [0.2, 0.25) is 0 Å². The van der Waals surface area contributed by atoms with E-state index >= 15 is 0 Å². The van der Waals surface area contributed by atoms with Crippen molar-refractivity contribution in [2.75, 3.05) is 0 Å². The third-order valence-corrected chi connectivity index (χ3v) is 15.3. The highest BCUT2D eigenvalue weighted by atomic mass is 14.2. The van der Waals surface area contributed by atoms with E-state index in [1.165, 1.54) is 143 Å². The van der Waals surface area contributed by atoms with E-state index in [4.69, 9.17) is 0 Å². The summed E-state index contributed by atoms with van der Waals surface area (Å²) < 4.78 is 0. The molecule has 0 N–H and O–H groups in total. The minimum Gasteiger partial charge on any atom is -0.0622 e. The number of rotatable bonds is 8. The second-order valence-electron chi connectivity index (χ2n) is 19.6. The van der Waals surface area contributed by atoms with Crippen molar-refractivity contribution in [3.8, 4) is 89.0 Å². The van der Waals surface area contributed by atoms with Gasteiger partial charge < -0.3 is 0 Å². The normalized spacial score (nSPS) is 11.5. The lowest BCUT2D eigenvalue weighted by Crippen LogP contribution is -1.92. The average molecular weight is 937 g/mol. The van der Waals surface area contributed by atoms with Crippen LogP contribution in [0.15, 0.2) is 291 Å². The molecule has 344 valence electrons. The maximum atomic E-state index is 2.46. The SMILES string of the molecule is c1ccc(-c2ccc(-c3ccc4c5ccc(-c6ccc(-c7ccccc7)cc6)cc5c5c6cc(-c7ccc(-c8ccccc8)cc7)ccc6c6ccc(-c7ccc(-c8ccccc8)cc7)cc6c5c4c3)cc2)cc1. The molecule has 14 aromatic rings. The van der Waals surface area contributed by atoms with E-state index in [2.05, 4.69) is 291 Å². The molecule has 0 bridgehead atoms. The number of fused-ring (bicyclic) bond motifs is 11. The van der Waals surface area contributed by atoms with E-state index in [-0.39, 0.29) is 0 Å². The Hall–Kier alpha value is -9.62. The van der Waals surface area contributed by atoms with Gasteiger partial charge in [0, 0.05) is 0 Å². The fourth-order valence-electron chi connectivity index (χ4n) is 11.4. The van der Waals surface area contributed by atoms with Crippen molar-refractivity contribution in [2.45, 2.75) is 0 Å². The van der Waals surface area contributed by atoms with E-state index in [1.54, 1.807) is 0 Å². The van der Waals surface area contributed by atoms with E-state index in [0.717, 1.165) is 0 Å². The van der Waals surface area contributed by atoms with Gasteiger partial charge in [-0.1, -0.05) is 267 Å². The molecule has 0 heterocycles. The zero-order chi connectivity index (χ0) is 49.0. The molecule has 0 aliphatic rings. The molecule has 0 spiro atoms. The molecule has 0 nitrogen and oxygen atoms in total. The third kappa shape index (κ3) is 7.73. The van der Waals surface area contributed by atoms with Gasteiger partial charge >= 0.3 is 0 Å². The first-order valence-electron chi connectivity index (χ1n) is 25.6. The van der Waals surface area contributed by atoms with Gasteiger partial charge in [-0.25, -0.2) is 0 Å². The van der Waals surface area contributed by atoms with E-state index in [1.807, 2.05) is 0 Å². The molecule has 0 fully saturated rings. The summed E-state index contributed by atoms with van der Waals surface area (Å²) in [5.41, 5.74) is 19.3. The summed E-state index contributed by atoms with van der Waals surface area (Å²) >= 11 is 0. The van der Waals surface area contributed by atoms with Crippen molar-refractivity contribution in [1.29, 1.82) is 0 Å². The highest BCUT2D eigenvalue weighted by molar-refractivity contribution is 6.40. The lowest BCUT2D eigenvalue weighted by atomic mass is 9.84. The summed E-state index contributed by atoms with van der Waals surface area (Å²) in [5, 5.41) is 12.5. The van der Waals surface area contributed by atoms with Crippen molar-refractivity contribution in [2.24, 2.45) is 0 Å². The third-order valence-electron chi connectivity index (χ3n) is 15.3. The van der Waals surface area contributed by atoms with Crippen molar-refractivity contribution < 1.29 is 0 Å². The first-order valence-corrected chi connectivity index (χ1v) is 25.6. The highest BCUT2D eigenvalue weighted by Gasteiger charge is 2.20. The van der Waals surface area contributed by atoms with Crippen LogP contribution in [0.2, 0.25) is 0 Å². The van der Waals surface area contributed by atoms with Crippen LogP contribution in [0.1, 0.15) is 0 Å². The van der Waals surface area contributed by atoms with Gasteiger partial charge in [-0.15, -0.1) is 0 Å². The molecule has 0 amide bonds. The van der Waals surface area contributed by atoms with Crippen LogP contribution in [0, 0.1) is 0 Å². The average Bonchev–Trinajstić information content (AvgIpc) is 3.50. The summed E-state index contributed by atoms with van der Waals surface area (Å²) in [4.78, 5) is 0. The van der Waals surface area contributed by atoms with Crippen LogP contribution in [0.5, 0.6) is 0 Å². The molecule has 0 unspecified atom stereocenters. The van der Waals surface area contributed by atoms with E-state index < -0.39 is 0 Å².